The van der Waals surface area contributed by atoms with Gasteiger partial charge in [-0.3, -0.25) is 0 Å². The number of anilines is 1. The summed E-state index contributed by atoms with van der Waals surface area (Å²) < 4.78 is 7.40. The van der Waals surface area contributed by atoms with E-state index in [-0.39, 0.29) is 0 Å². The molecule has 0 saturated heterocycles. The van der Waals surface area contributed by atoms with Gasteiger partial charge in [-0.15, -0.1) is 0 Å². The molecule has 0 bridgehead atoms. The Bertz CT molecular complexity index is 623. The summed E-state index contributed by atoms with van der Waals surface area (Å²) in [6, 6.07) is 11.7. The highest BCUT2D eigenvalue weighted by molar-refractivity contribution is 9.11. The molecule has 0 aliphatic rings. The zero-order valence-electron chi connectivity index (χ0n) is 11.2. The number of hydrogen-bond donors (Lipinski definition) is 1. The molecule has 0 unspecified atom stereocenters. The third-order valence-electron chi connectivity index (χ3n) is 2.76. The van der Waals surface area contributed by atoms with Crippen LogP contribution < -0.4 is 10.1 Å². The highest BCUT2D eigenvalue weighted by atomic mass is 79.9. The molecule has 0 atom stereocenters. The zero-order valence-corrected chi connectivity index (χ0v) is 15.1. The summed E-state index contributed by atoms with van der Waals surface area (Å²) in [7, 11) is 0. The monoisotopic (exact) mass is 429 g/mol. The fraction of sp³-hybridized carbons (Fsp3) is 0.125. The maximum Gasteiger partial charge on any atom is 0.148 e. The van der Waals surface area contributed by atoms with Gasteiger partial charge in [-0.2, -0.15) is 0 Å². The second-order valence-electron chi connectivity index (χ2n) is 4.32. The first-order chi connectivity index (χ1) is 10.1. The molecule has 0 heterocycles. The van der Waals surface area contributed by atoms with Crippen molar-refractivity contribution in [2.75, 3.05) is 11.9 Å². The Morgan fingerprint density at radius 3 is 2.48 bits per heavy atom. The second kappa shape index (κ2) is 7.87. The molecule has 2 aromatic carbocycles. The third-order valence-corrected chi connectivity index (χ3v) is 4.27. The van der Waals surface area contributed by atoms with Gasteiger partial charge in [0.2, 0.25) is 0 Å². The van der Waals surface area contributed by atoms with E-state index in [1.54, 1.807) is 6.08 Å². The highest BCUT2D eigenvalue weighted by Crippen LogP contribution is 2.35. The van der Waals surface area contributed by atoms with Gasteiger partial charge < -0.3 is 10.1 Å². The zero-order chi connectivity index (χ0) is 15.2. The maximum absolute atomic E-state index is 6.13. The van der Waals surface area contributed by atoms with Crippen molar-refractivity contribution >= 4 is 49.1 Å². The summed E-state index contributed by atoms with van der Waals surface area (Å²) >= 11 is 13.2. The molecule has 2 rings (SSSR count). The van der Waals surface area contributed by atoms with Crippen LogP contribution in [0.3, 0.4) is 0 Å². The van der Waals surface area contributed by atoms with Crippen LogP contribution >= 0.6 is 43.5 Å². The SMILES string of the molecule is C=CCOc1c(Br)cc(CNc2ccccc2Cl)cc1Br. The Morgan fingerprint density at radius 1 is 1.19 bits per heavy atom. The lowest BCUT2D eigenvalue weighted by Gasteiger charge is -2.12. The third kappa shape index (κ3) is 4.50. The lowest BCUT2D eigenvalue weighted by atomic mass is 10.2. The first-order valence-electron chi connectivity index (χ1n) is 6.32. The van der Waals surface area contributed by atoms with Gasteiger partial charge in [0, 0.05) is 6.54 Å². The Morgan fingerprint density at radius 2 is 1.86 bits per heavy atom. The summed E-state index contributed by atoms with van der Waals surface area (Å²) in [4.78, 5) is 0. The summed E-state index contributed by atoms with van der Waals surface area (Å²) in [5.41, 5.74) is 2.03. The van der Waals surface area contributed by atoms with E-state index in [4.69, 9.17) is 16.3 Å². The van der Waals surface area contributed by atoms with Crippen LogP contribution in [0.2, 0.25) is 5.02 Å². The number of hydrogen-bond acceptors (Lipinski definition) is 2. The molecule has 0 aromatic heterocycles. The van der Waals surface area contributed by atoms with Crippen LogP contribution in [0.4, 0.5) is 5.69 Å². The van der Waals surface area contributed by atoms with Gasteiger partial charge in [0.05, 0.1) is 19.7 Å². The van der Waals surface area contributed by atoms with Crippen molar-refractivity contribution in [2.24, 2.45) is 0 Å². The summed E-state index contributed by atoms with van der Waals surface area (Å²) in [6.45, 7) is 4.78. The Balaban J connectivity index is 2.11. The molecule has 2 nitrogen and oxygen atoms in total. The minimum Gasteiger partial charge on any atom is -0.487 e. The number of para-hydroxylation sites is 1. The van der Waals surface area contributed by atoms with Crippen molar-refractivity contribution in [3.63, 3.8) is 0 Å². The molecule has 21 heavy (non-hydrogen) atoms. The molecule has 0 saturated carbocycles. The minimum atomic E-state index is 0.467. The van der Waals surface area contributed by atoms with Crippen LogP contribution in [0.15, 0.2) is 58.0 Å². The van der Waals surface area contributed by atoms with Crippen molar-refractivity contribution in [2.45, 2.75) is 6.54 Å². The molecule has 1 N–H and O–H groups in total. The second-order valence-corrected chi connectivity index (χ2v) is 6.44. The Labute approximate surface area is 146 Å². The van der Waals surface area contributed by atoms with Crippen LogP contribution in [0.1, 0.15) is 5.56 Å². The average Bonchev–Trinajstić information content (AvgIpc) is 2.46. The Kier molecular flexibility index (Phi) is 6.15. The predicted octanol–water partition coefficient (Wildman–Crippen LogP) is 6.04. The molecular weight excluding hydrogens is 417 g/mol. The van der Waals surface area contributed by atoms with Gasteiger partial charge in [-0.25, -0.2) is 0 Å². The van der Waals surface area contributed by atoms with E-state index < -0.39 is 0 Å². The number of nitrogens with one attached hydrogen (secondary N) is 1. The van der Waals surface area contributed by atoms with Gasteiger partial charge in [0.1, 0.15) is 12.4 Å². The number of benzene rings is 2. The van der Waals surface area contributed by atoms with Crippen LogP contribution in [0.25, 0.3) is 0 Å². The van der Waals surface area contributed by atoms with E-state index in [1.807, 2.05) is 36.4 Å². The normalized spacial score (nSPS) is 10.2. The molecule has 0 aliphatic heterocycles. The maximum atomic E-state index is 6.13. The van der Waals surface area contributed by atoms with E-state index in [0.29, 0.717) is 18.2 Å². The van der Waals surface area contributed by atoms with E-state index in [1.165, 1.54) is 0 Å². The van der Waals surface area contributed by atoms with Crippen molar-refractivity contribution in [3.05, 3.63) is 68.6 Å². The predicted molar refractivity (Wildman–Crippen MR) is 96.3 cm³/mol. The molecule has 0 spiro atoms. The van der Waals surface area contributed by atoms with E-state index in [2.05, 4.69) is 43.8 Å². The van der Waals surface area contributed by atoms with Crippen molar-refractivity contribution < 1.29 is 4.74 Å². The molecule has 0 aliphatic carbocycles. The van der Waals surface area contributed by atoms with E-state index in [0.717, 1.165) is 25.9 Å². The molecule has 110 valence electrons. The van der Waals surface area contributed by atoms with Crippen molar-refractivity contribution in [1.29, 1.82) is 0 Å². The Hall–Kier alpha value is -0.970. The highest BCUT2D eigenvalue weighted by Gasteiger charge is 2.09. The number of rotatable bonds is 6. The van der Waals surface area contributed by atoms with Gasteiger partial charge in [-0.1, -0.05) is 36.4 Å². The van der Waals surface area contributed by atoms with Gasteiger partial charge in [-0.05, 0) is 61.7 Å². The van der Waals surface area contributed by atoms with Crippen molar-refractivity contribution in [1.82, 2.24) is 0 Å². The first kappa shape index (κ1) is 16.4. The number of ether oxygens (including phenoxy) is 1. The summed E-state index contributed by atoms with van der Waals surface area (Å²) in [5.74, 6) is 0.774. The summed E-state index contributed by atoms with van der Waals surface area (Å²) in [6.07, 6.45) is 1.71. The lowest BCUT2D eigenvalue weighted by Crippen LogP contribution is -2.01. The summed E-state index contributed by atoms with van der Waals surface area (Å²) in [5, 5.41) is 4.03. The molecule has 5 heteroatoms. The van der Waals surface area contributed by atoms with Crippen LogP contribution in [0.5, 0.6) is 5.75 Å². The quantitative estimate of drug-likeness (QED) is 0.563. The molecular formula is C16H14Br2ClNO. The average molecular weight is 432 g/mol. The minimum absolute atomic E-state index is 0.467. The molecule has 0 radical (unpaired) electrons. The molecule has 0 fully saturated rings. The van der Waals surface area contributed by atoms with Crippen LogP contribution in [-0.2, 0) is 6.54 Å². The van der Waals surface area contributed by atoms with Gasteiger partial charge >= 0.3 is 0 Å². The largest absolute Gasteiger partial charge is 0.487 e. The standard InChI is InChI=1S/C16H14Br2ClNO/c1-2-7-21-16-12(17)8-11(9-13(16)18)10-20-15-6-4-3-5-14(15)19/h2-6,8-9,20H,1,7,10H2. The molecule has 0 amide bonds. The van der Waals surface area contributed by atoms with Crippen LogP contribution in [0, 0.1) is 0 Å². The van der Waals surface area contributed by atoms with E-state index in [9.17, 15) is 0 Å². The smallest absolute Gasteiger partial charge is 0.148 e. The fourth-order valence-corrected chi connectivity index (χ4v) is 3.51. The number of halogens is 3. The molecule has 2 aromatic rings. The van der Waals surface area contributed by atoms with Crippen LogP contribution in [-0.4, -0.2) is 6.61 Å². The van der Waals surface area contributed by atoms with Gasteiger partial charge in [0.25, 0.3) is 0 Å². The lowest BCUT2D eigenvalue weighted by molar-refractivity contribution is 0.358. The van der Waals surface area contributed by atoms with Gasteiger partial charge in [0.15, 0.2) is 0 Å². The van der Waals surface area contributed by atoms with Crippen molar-refractivity contribution in [3.8, 4) is 5.75 Å². The first-order valence-corrected chi connectivity index (χ1v) is 8.28. The topological polar surface area (TPSA) is 21.3 Å². The fourth-order valence-electron chi connectivity index (χ4n) is 1.80. The van der Waals surface area contributed by atoms with E-state index >= 15 is 0 Å².